The van der Waals surface area contributed by atoms with Gasteiger partial charge in [0, 0.05) is 28.7 Å². The van der Waals surface area contributed by atoms with Crippen molar-refractivity contribution < 1.29 is 23.1 Å². The molecule has 1 aliphatic rings. The highest BCUT2D eigenvalue weighted by atomic mass is 79.9. The molecule has 2 rings (SSSR count). The van der Waals surface area contributed by atoms with Crippen LogP contribution in [0.15, 0.2) is 22.7 Å². The van der Waals surface area contributed by atoms with Crippen LogP contribution in [0.25, 0.3) is 0 Å². The molecule has 0 spiro atoms. The number of ether oxygens (including phenoxy) is 1. The number of amides is 1. The quantitative estimate of drug-likeness (QED) is 0.760. The smallest absolute Gasteiger partial charge is 0.308 e. The van der Waals surface area contributed by atoms with Crippen molar-refractivity contribution in [1.82, 2.24) is 4.90 Å². The summed E-state index contributed by atoms with van der Waals surface area (Å²) in [5.74, 6) is -0.760. The van der Waals surface area contributed by atoms with E-state index in [9.17, 15) is 18.4 Å². The second kappa shape index (κ2) is 7.17. The summed E-state index contributed by atoms with van der Waals surface area (Å²) in [6, 6.07) is 4.18. The van der Waals surface area contributed by atoms with Gasteiger partial charge >= 0.3 is 5.97 Å². The highest BCUT2D eigenvalue weighted by Crippen LogP contribution is 2.29. The first-order valence-electron chi connectivity index (χ1n) is 6.88. The van der Waals surface area contributed by atoms with E-state index in [4.69, 9.17) is 4.74 Å². The van der Waals surface area contributed by atoms with Crippen LogP contribution in [0.2, 0.25) is 0 Å². The Labute approximate surface area is 135 Å². The van der Waals surface area contributed by atoms with E-state index in [0.717, 1.165) is 0 Å². The van der Waals surface area contributed by atoms with Crippen molar-refractivity contribution in [3.8, 4) is 0 Å². The Balaban J connectivity index is 2.07. The number of carbonyl (C=O) groups is 2. The van der Waals surface area contributed by atoms with Crippen LogP contribution in [0.1, 0.15) is 35.2 Å². The normalized spacial score (nSPS) is 16.0. The zero-order valence-corrected chi connectivity index (χ0v) is 13.6. The summed E-state index contributed by atoms with van der Waals surface area (Å²) in [6.45, 7) is 0.831. The number of hydrogen-bond donors (Lipinski definition) is 0. The van der Waals surface area contributed by atoms with Crippen molar-refractivity contribution in [3.05, 3.63) is 33.8 Å². The molecule has 4 nitrogen and oxygen atoms in total. The predicted octanol–water partition coefficient (Wildman–Crippen LogP) is 3.41. The summed E-state index contributed by atoms with van der Waals surface area (Å²) in [5, 5.41) is 0. The van der Waals surface area contributed by atoms with Crippen LogP contribution in [-0.4, -0.2) is 37.0 Å². The minimum atomic E-state index is -2.65. The molecule has 0 N–H and O–H groups in total. The topological polar surface area (TPSA) is 46.6 Å². The number of benzene rings is 1. The van der Waals surface area contributed by atoms with Gasteiger partial charge in [0.2, 0.25) is 0 Å². The summed E-state index contributed by atoms with van der Waals surface area (Å²) >= 11 is 3.05. The lowest BCUT2D eigenvalue weighted by atomic mass is 9.96. The van der Waals surface area contributed by atoms with Crippen molar-refractivity contribution in [2.45, 2.75) is 19.3 Å². The number of likely N-dealkylation sites (tertiary alicyclic amines) is 1. The van der Waals surface area contributed by atoms with Crippen LogP contribution in [0, 0.1) is 5.92 Å². The first-order chi connectivity index (χ1) is 10.4. The van der Waals surface area contributed by atoms with E-state index in [2.05, 4.69) is 15.9 Å². The fourth-order valence-electron chi connectivity index (χ4n) is 2.51. The van der Waals surface area contributed by atoms with Crippen LogP contribution in [0.3, 0.4) is 0 Å². The predicted molar refractivity (Wildman–Crippen MR) is 79.7 cm³/mol. The number of rotatable bonds is 3. The molecular weight excluding hydrogens is 360 g/mol. The SMILES string of the molecule is COC(=O)C1CCN(C(=O)c2ccc(Br)c(C(F)F)c2)CC1. The minimum Gasteiger partial charge on any atom is -0.469 e. The molecule has 0 bridgehead atoms. The van der Waals surface area contributed by atoms with E-state index in [1.807, 2.05) is 0 Å². The minimum absolute atomic E-state index is 0.199. The van der Waals surface area contributed by atoms with Gasteiger partial charge in [-0.15, -0.1) is 0 Å². The maximum absolute atomic E-state index is 12.9. The molecule has 1 aromatic carbocycles. The van der Waals surface area contributed by atoms with E-state index in [1.54, 1.807) is 4.90 Å². The van der Waals surface area contributed by atoms with Gasteiger partial charge in [-0.3, -0.25) is 9.59 Å². The Morgan fingerprint density at radius 2 is 1.95 bits per heavy atom. The molecule has 1 amide bonds. The number of carbonyl (C=O) groups excluding carboxylic acids is 2. The third-order valence-corrected chi connectivity index (χ3v) is 4.52. The molecule has 1 heterocycles. The fraction of sp³-hybridized carbons (Fsp3) is 0.467. The molecule has 1 fully saturated rings. The Morgan fingerprint density at radius 1 is 1.32 bits per heavy atom. The fourth-order valence-corrected chi connectivity index (χ4v) is 2.93. The van der Waals surface area contributed by atoms with E-state index in [1.165, 1.54) is 25.3 Å². The van der Waals surface area contributed by atoms with Crippen LogP contribution in [0.5, 0.6) is 0 Å². The van der Waals surface area contributed by atoms with Crippen molar-refractivity contribution >= 4 is 27.8 Å². The van der Waals surface area contributed by atoms with E-state index >= 15 is 0 Å². The van der Waals surface area contributed by atoms with Gasteiger partial charge in [-0.1, -0.05) is 15.9 Å². The highest BCUT2D eigenvalue weighted by Gasteiger charge is 2.28. The molecular formula is C15H16BrF2NO3. The van der Waals surface area contributed by atoms with Gasteiger partial charge in [0.25, 0.3) is 12.3 Å². The van der Waals surface area contributed by atoms with Gasteiger partial charge in [0.05, 0.1) is 13.0 Å². The molecule has 22 heavy (non-hydrogen) atoms. The van der Waals surface area contributed by atoms with Crippen molar-refractivity contribution in [3.63, 3.8) is 0 Å². The van der Waals surface area contributed by atoms with Crippen molar-refractivity contribution in [2.75, 3.05) is 20.2 Å². The molecule has 1 aliphatic heterocycles. The molecule has 1 aromatic rings. The number of methoxy groups -OCH3 is 1. The van der Waals surface area contributed by atoms with Crippen LogP contribution < -0.4 is 0 Å². The Kier molecular flexibility index (Phi) is 5.50. The lowest BCUT2D eigenvalue weighted by Crippen LogP contribution is -2.40. The monoisotopic (exact) mass is 375 g/mol. The van der Waals surface area contributed by atoms with Crippen LogP contribution in [0.4, 0.5) is 8.78 Å². The maximum atomic E-state index is 12.9. The lowest BCUT2D eigenvalue weighted by Gasteiger charge is -2.30. The van der Waals surface area contributed by atoms with Gasteiger partial charge in [-0.25, -0.2) is 8.78 Å². The second-order valence-corrected chi connectivity index (χ2v) is 5.98. The molecule has 0 atom stereocenters. The number of esters is 1. The average molecular weight is 376 g/mol. The number of alkyl halides is 2. The third-order valence-electron chi connectivity index (χ3n) is 3.79. The largest absolute Gasteiger partial charge is 0.469 e. The molecule has 7 heteroatoms. The Hall–Kier alpha value is -1.50. The van der Waals surface area contributed by atoms with E-state index in [-0.39, 0.29) is 33.4 Å². The summed E-state index contributed by atoms with van der Waals surface area (Å²) in [5.41, 5.74) is 0.0327. The van der Waals surface area contributed by atoms with Gasteiger partial charge in [-0.2, -0.15) is 0 Å². The van der Waals surface area contributed by atoms with Crippen molar-refractivity contribution in [2.24, 2.45) is 5.92 Å². The maximum Gasteiger partial charge on any atom is 0.308 e. The van der Waals surface area contributed by atoms with Crippen molar-refractivity contribution in [1.29, 1.82) is 0 Å². The molecule has 0 radical (unpaired) electrons. The van der Waals surface area contributed by atoms with Gasteiger partial charge < -0.3 is 9.64 Å². The summed E-state index contributed by atoms with van der Waals surface area (Å²) in [7, 11) is 1.34. The molecule has 0 saturated carbocycles. The van der Waals surface area contributed by atoms with Gasteiger partial charge in [-0.05, 0) is 31.0 Å². The van der Waals surface area contributed by atoms with E-state index in [0.29, 0.717) is 25.9 Å². The zero-order valence-electron chi connectivity index (χ0n) is 12.0. The summed E-state index contributed by atoms with van der Waals surface area (Å²) in [4.78, 5) is 25.4. The molecule has 0 aromatic heterocycles. The summed E-state index contributed by atoms with van der Waals surface area (Å²) in [6.07, 6.45) is -1.60. The molecule has 0 unspecified atom stereocenters. The zero-order chi connectivity index (χ0) is 16.3. The molecule has 1 saturated heterocycles. The van der Waals surface area contributed by atoms with Crippen LogP contribution in [-0.2, 0) is 9.53 Å². The van der Waals surface area contributed by atoms with Gasteiger partial charge in [0.1, 0.15) is 0 Å². The second-order valence-electron chi connectivity index (χ2n) is 5.13. The number of piperidine rings is 1. The van der Waals surface area contributed by atoms with E-state index < -0.39 is 6.43 Å². The third kappa shape index (κ3) is 3.63. The average Bonchev–Trinajstić information content (AvgIpc) is 2.53. The number of nitrogens with zero attached hydrogens (tertiary/aromatic N) is 1. The lowest BCUT2D eigenvalue weighted by molar-refractivity contribution is -0.146. The van der Waals surface area contributed by atoms with Crippen LogP contribution >= 0.6 is 15.9 Å². The first kappa shape index (κ1) is 16.9. The number of hydrogen-bond acceptors (Lipinski definition) is 3. The first-order valence-corrected chi connectivity index (χ1v) is 7.68. The molecule has 0 aliphatic carbocycles. The highest BCUT2D eigenvalue weighted by molar-refractivity contribution is 9.10. The standard InChI is InChI=1S/C15H16BrF2NO3/c1-22-15(21)9-4-6-19(7-5-9)14(20)10-2-3-12(16)11(8-10)13(17)18/h2-3,8-9,13H,4-7H2,1H3. The molecule has 120 valence electrons. The summed E-state index contributed by atoms with van der Waals surface area (Å²) < 4.78 is 30.7. The Bertz CT molecular complexity index is 572. The van der Waals surface area contributed by atoms with Gasteiger partial charge in [0.15, 0.2) is 0 Å². The number of halogens is 3. The Morgan fingerprint density at radius 3 is 2.50 bits per heavy atom.